The monoisotopic (exact) mass is 425 g/mol. The predicted molar refractivity (Wildman–Crippen MR) is 111 cm³/mol. The Morgan fingerprint density at radius 2 is 1.94 bits per heavy atom. The van der Waals surface area contributed by atoms with E-state index >= 15 is 0 Å². The number of fused-ring (bicyclic) bond motifs is 2. The van der Waals surface area contributed by atoms with Gasteiger partial charge in [0.1, 0.15) is 17.8 Å². The number of imidazole rings is 1. The maximum absolute atomic E-state index is 13.5. The fourth-order valence-corrected chi connectivity index (χ4v) is 4.60. The van der Waals surface area contributed by atoms with Crippen LogP contribution >= 0.6 is 0 Å². The lowest BCUT2D eigenvalue weighted by molar-refractivity contribution is 0.0776. The van der Waals surface area contributed by atoms with Gasteiger partial charge in [-0.15, -0.1) is 0 Å². The van der Waals surface area contributed by atoms with Crippen molar-refractivity contribution >= 4 is 22.9 Å². The molecule has 2 atom stereocenters. The molecular weight excluding hydrogens is 401 g/mol. The standard InChI is InChI=1S/C21H24FN7O2/c1-13-5-17(23-6-16(13)22)21(30)29-9-14-7-28(8-15(14)10-29)20-18-19(24-11-25-20)27(12-26-18)3-4-31-2/h5-6,11-12,14-15H,3-4,7-10H2,1-2H3. The smallest absolute Gasteiger partial charge is 0.272 e. The van der Waals surface area contributed by atoms with E-state index in [1.807, 2.05) is 9.47 Å². The van der Waals surface area contributed by atoms with Crippen molar-refractivity contribution < 1.29 is 13.9 Å². The zero-order chi connectivity index (χ0) is 21.5. The van der Waals surface area contributed by atoms with Crippen LogP contribution in [0, 0.1) is 24.6 Å². The Hall–Kier alpha value is -3.14. The normalized spacial score (nSPS) is 20.6. The second-order valence-corrected chi connectivity index (χ2v) is 8.25. The van der Waals surface area contributed by atoms with Crippen LogP contribution in [-0.4, -0.2) is 75.2 Å². The van der Waals surface area contributed by atoms with Crippen molar-refractivity contribution in [1.82, 2.24) is 29.4 Å². The minimum Gasteiger partial charge on any atom is -0.383 e. The topological polar surface area (TPSA) is 89.3 Å². The first-order valence-corrected chi connectivity index (χ1v) is 10.4. The zero-order valence-electron chi connectivity index (χ0n) is 17.5. The number of methoxy groups -OCH3 is 1. The molecule has 3 aromatic heterocycles. The molecule has 10 heteroatoms. The lowest BCUT2D eigenvalue weighted by Gasteiger charge is -2.22. The van der Waals surface area contributed by atoms with Crippen LogP contribution < -0.4 is 4.90 Å². The molecule has 2 unspecified atom stereocenters. The van der Waals surface area contributed by atoms with Gasteiger partial charge in [-0.25, -0.2) is 24.3 Å². The SMILES string of the molecule is COCCn1cnc2c(N3CC4CN(C(=O)c5cc(C)c(F)cn5)CC4C3)ncnc21. The molecule has 162 valence electrons. The van der Waals surface area contributed by atoms with Crippen LogP contribution in [0.25, 0.3) is 11.2 Å². The molecule has 2 aliphatic heterocycles. The number of likely N-dealkylation sites (tertiary alicyclic amines) is 1. The average molecular weight is 425 g/mol. The summed E-state index contributed by atoms with van der Waals surface area (Å²) >= 11 is 0. The molecule has 5 rings (SSSR count). The van der Waals surface area contributed by atoms with E-state index in [2.05, 4.69) is 24.8 Å². The van der Waals surface area contributed by atoms with E-state index in [0.717, 1.165) is 36.3 Å². The summed E-state index contributed by atoms with van der Waals surface area (Å²) in [6.07, 6.45) is 4.47. The van der Waals surface area contributed by atoms with Gasteiger partial charge >= 0.3 is 0 Å². The quantitative estimate of drug-likeness (QED) is 0.612. The maximum atomic E-state index is 13.5. The number of amides is 1. The highest BCUT2D eigenvalue weighted by molar-refractivity contribution is 5.92. The number of aryl methyl sites for hydroxylation is 1. The summed E-state index contributed by atoms with van der Waals surface area (Å²) in [5.74, 6) is 1.01. The Morgan fingerprint density at radius 1 is 1.16 bits per heavy atom. The summed E-state index contributed by atoms with van der Waals surface area (Å²) in [7, 11) is 1.67. The maximum Gasteiger partial charge on any atom is 0.272 e. The Kier molecular flexibility index (Phi) is 5.01. The lowest BCUT2D eigenvalue weighted by atomic mass is 10.0. The van der Waals surface area contributed by atoms with Gasteiger partial charge in [0, 0.05) is 51.7 Å². The molecule has 1 amide bonds. The van der Waals surface area contributed by atoms with Crippen molar-refractivity contribution in [2.75, 3.05) is 44.8 Å². The second-order valence-electron chi connectivity index (χ2n) is 8.25. The molecule has 0 aliphatic carbocycles. The predicted octanol–water partition coefficient (Wildman–Crippen LogP) is 1.52. The van der Waals surface area contributed by atoms with Crippen LogP contribution in [0.15, 0.2) is 24.9 Å². The van der Waals surface area contributed by atoms with Crippen LogP contribution in [0.3, 0.4) is 0 Å². The summed E-state index contributed by atoms with van der Waals surface area (Å²) < 4.78 is 20.6. The number of halogens is 1. The highest BCUT2D eigenvalue weighted by Crippen LogP contribution is 2.35. The van der Waals surface area contributed by atoms with E-state index in [-0.39, 0.29) is 5.91 Å². The molecule has 5 heterocycles. The lowest BCUT2D eigenvalue weighted by Crippen LogP contribution is -2.34. The van der Waals surface area contributed by atoms with E-state index in [4.69, 9.17) is 4.74 Å². The van der Waals surface area contributed by atoms with Gasteiger partial charge in [-0.2, -0.15) is 0 Å². The van der Waals surface area contributed by atoms with E-state index in [1.54, 1.807) is 26.7 Å². The number of pyridine rings is 1. The fourth-order valence-electron chi connectivity index (χ4n) is 4.60. The fraction of sp³-hybridized carbons (Fsp3) is 0.476. The first-order chi connectivity index (χ1) is 15.0. The molecule has 2 fully saturated rings. The third-order valence-corrected chi connectivity index (χ3v) is 6.26. The molecule has 2 aliphatic rings. The number of carbonyl (C=O) groups excluding carboxylic acids is 1. The molecule has 31 heavy (non-hydrogen) atoms. The van der Waals surface area contributed by atoms with Crippen molar-refractivity contribution in [3.63, 3.8) is 0 Å². The highest BCUT2D eigenvalue weighted by atomic mass is 19.1. The van der Waals surface area contributed by atoms with Crippen LogP contribution in [-0.2, 0) is 11.3 Å². The van der Waals surface area contributed by atoms with Gasteiger partial charge in [-0.05, 0) is 18.6 Å². The zero-order valence-corrected chi connectivity index (χ0v) is 17.5. The van der Waals surface area contributed by atoms with Crippen molar-refractivity contribution in [3.8, 4) is 0 Å². The number of nitrogens with zero attached hydrogens (tertiary/aromatic N) is 7. The molecule has 0 bridgehead atoms. The molecule has 0 aromatic carbocycles. The third-order valence-electron chi connectivity index (χ3n) is 6.26. The minimum absolute atomic E-state index is 0.134. The van der Waals surface area contributed by atoms with Crippen molar-refractivity contribution in [3.05, 3.63) is 42.0 Å². The van der Waals surface area contributed by atoms with E-state index < -0.39 is 5.82 Å². The van der Waals surface area contributed by atoms with Crippen LogP contribution in [0.5, 0.6) is 0 Å². The van der Waals surface area contributed by atoms with Crippen LogP contribution in [0.4, 0.5) is 10.2 Å². The summed E-state index contributed by atoms with van der Waals surface area (Å²) in [5.41, 5.74) is 2.32. The molecule has 2 saturated heterocycles. The molecule has 0 radical (unpaired) electrons. The van der Waals surface area contributed by atoms with Gasteiger partial charge in [0.15, 0.2) is 17.0 Å². The summed E-state index contributed by atoms with van der Waals surface area (Å²) in [6.45, 7) is 5.85. The third kappa shape index (κ3) is 3.50. The molecule has 3 aromatic rings. The molecule has 0 saturated carbocycles. The number of anilines is 1. The largest absolute Gasteiger partial charge is 0.383 e. The van der Waals surface area contributed by atoms with E-state index in [9.17, 15) is 9.18 Å². The Balaban J connectivity index is 1.30. The van der Waals surface area contributed by atoms with Gasteiger partial charge in [-0.3, -0.25) is 4.79 Å². The van der Waals surface area contributed by atoms with Gasteiger partial charge in [0.05, 0.1) is 19.1 Å². The Morgan fingerprint density at radius 3 is 2.65 bits per heavy atom. The Labute approximate surface area is 178 Å². The Bertz CT molecular complexity index is 1120. The summed E-state index contributed by atoms with van der Waals surface area (Å²) in [6, 6.07) is 1.52. The van der Waals surface area contributed by atoms with Crippen molar-refractivity contribution in [1.29, 1.82) is 0 Å². The van der Waals surface area contributed by atoms with Gasteiger partial charge in [0.25, 0.3) is 5.91 Å². The van der Waals surface area contributed by atoms with Crippen LogP contribution in [0.1, 0.15) is 16.1 Å². The summed E-state index contributed by atoms with van der Waals surface area (Å²) in [5, 5.41) is 0. The van der Waals surface area contributed by atoms with Crippen molar-refractivity contribution in [2.45, 2.75) is 13.5 Å². The van der Waals surface area contributed by atoms with E-state index in [0.29, 0.717) is 49.3 Å². The first kappa shape index (κ1) is 19.8. The van der Waals surface area contributed by atoms with Gasteiger partial charge in [-0.1, -0.05) is 0 Å². The van der Waals surface area contributed by atoms with Gasteiger partial charge in [0.2, 0.25) is 0 Å². The molecule has 0 N–H and O–H groups in total. The van der Waals surface area contributed by atoms with E-state index in [1.165, 1.54) is 6.07 Å². The minimum atomic E-state index is -0.397. The van der Waals surface area contributed by atoms with Crippen LogP contribution in [0.2, 0.25) is 0 Å². The summed E-state index contributed by atoms with van der Waals surface area (Å²) in [4.78, 5) is 34.4. The highest BCUT2D eigenvalue weighted by Gasteiger charge is 2.43. The molecule has 9 nitrogen and oxygen atoms in total. The average Bonchev–Trinajstić information content (AvgIpc) is 3.46. The number of hydrogen-bond acceptors (Lipinski definition) is 7. The molecule has 0 spiro atoms. The van der Waals surface area contributed by atoms with Gasteiger partial charge < -0.3 is 19.1 Å². The number of rotatable bonds is 5. The number of hydrogen-bond donors (Lipinski definition) is 0. The first-order valence-electron chi connectivity index (χ1n) is 10.4. The second kappa shape index (κ2) is 7.84. The number of carbonyl (C=O) groups is 1. The van der Waals surface area contributed by atoms with Crippen molar-refractivity contribution in [2.24, 2.45) is 11.8 Å². The molecular formula is C21H24FN7O2. The number of aromatic nitrogens is 5. The number of ether oxygens (including phenoxy) is 1.